The molecule has 0 aliphatic heterocycles. The SMILES string of the molecule is Nc1nc2cccc(Cl)c2n1-c1ccc(F)c(Cl)c1. The largest absolute Gasteiger partial charge is 0.369 e. The van der Waals surface area contributed by atoms with Gasteiger partial charge < -0.3 is 5.73 Å². The second kappa shape index (κ2) is 4.40. The lowest BCUT2D eigenvalue weighted by Gasteiger charge is -2.08. The highest BCUT2D eigenvalue weighted by atomic mass is 35.5. The number of benzene rings is 2. The van der Waals surface area contributed by atoms with Crippen LogP contribution >= 0.6 is 23.2 Å². The number of aromatic nitrogens is 2. The Balaban J connectivity index is 2.35. The zero-order valence-corrected chi connectivity index (χ0v) is 11.1. The van der Waals surface area contributed by atoms with Crippen molar-refractivity contribution >= 4 is 40.2 Å². The first-order chi connectivity index (χ1) is 9.08. The van der Waals surface area contributed by atoms with Gasteiger partial charge in [-0.15, -0.1) is 0 Å². The molecule has 19 heavy (non-hydrogen) atoms. The van der Waals surface area contributed by atoms with E-state index in [2.05, 4.69) is 4.98 Å². The lowest BCUT2D eigenvalue weighted by Crippen LogP contribution is -2.01. The van der Waals surface area contributed by atoms with E-state index in [0.717, 1.165) is 0 Å². The molecule has 3 rings (SSSR count). The van der Waals surface area contributed by atoms with Gasteiger partial charge in [-0.1, -0.05) is 29.3 Å². The van der Waals surface area contributed by atoms with Gasteiger partial charge >= 0.3 is 0 Å². The summed E-state index contributed by atoms with van der Waals surface area (Å²) in [6.45, 7) is 0. The quantitative estimate of drug-likeness (QED) is 0.736. The molecule has 1 aromatic heterocycles. The van der Waals surface area contributed by atoms with Crippen LogP contribution in [0.5, 0.6) is 0 Å². The lowest BCUT2D eigenvalue weighted by atomic mass is 10.2. The summed E-state index contributed by atoms with van der Waals surface area (Å²) >= 11 is 12.0. The van der Waals surface area contributed by atoms with Crippen molar-refractivity contribution in [2.75, 3.05) is 5.73 Å². The van der Waals surface area contributed by atoms with Crippen LogP contribution in [0.3, 0.4) is 0 Å². The molecule has 0 atom stereocenters. The summed E-state index contributed by atoms with van der Waals surface area (Å²) in [7, 11) is 0. The van der Waals surface area contributed by atoms with Crippen molar-refractivity contribution in [3.05, 3.63) is 52.3 Å². The molecular weight excluding hydrogens is 288 g/mol. The molecular formula is C13H8Cl2FN3. The van der Waals surface area contributed by atoms with Crippen molar-refractivity contribution in [3.63, 3.8) is 0 Å². The van der Waals surface area contributed by atoms with Crippen LogP contribution in [0.25, 0.3) is 16.7 Å². The molecule has 0 spiro atoms. The van der Waals surface area contributed by atoms with Gasteiger partial charge in [0.15, 0.2) is 0 Å². The van der Waals surface area contributed by atoms with Gasteiger partial charge in [0, 0.05) is 0 Å². The van der Waals surface area contributed by atoms with E-state index < -0.39 is 5.82 Å². The summed E-state index contributed by atoms with van der Waals surface area (Å²) in [5.74, 6) is -0.217. The monoisotopic (exact) mass is 295 g/mol. The Morgan fingerprint density at radius 3 is 2.63 bits per heavy atom. The highest BCUT2D eigenvalue weighted by Gasteiger charge is 2.13. The number of nitrogens with two attached hydrogens (primary N) is 1. The lowest BCUT2D eigenvalue weighted by molar-refractivity contribution is 0.628. The molecule has 0 bridgehead atoms. The maximum atomic E-state index is 13.2. The fourth-order valence-electron chi connectivity index (χ4n) is 1.99. The third-order valence-corrected chi connectivity index (χ3v) is 3.41. The average molecular weight is 296 g/mol. The maximum absolute atomic E-state index is 13.2. The Labute approximate surface area is 118 Å². The third kappa shape index (κ3) is 1.93. The Bertz CT molecular complexity index is 783. The van der Waals surface area contributed by atoms with Crippen molar-refractivity contribution in [1.29, 1.82) is 0 Å². The van der Waals surface area contributed by atoms with Gasteiger partial charge in [-0.25, -0.2) is 9.37 Å². The smallest absolute Gasteiger partial charge is 0.205 e. The van der Waals surface area contributed by atoms with E-state index in [1.807, 2.05) is 0 Å². The van der Waals surface area contributed by atoms with E-state index in [1.54, 1.807) is 28.8 Å². The molecule has 0 saturated heterocycles. The van der Waals surface area contributed by atoms with Crippen molar-refractivity contribution in [3.8, 4) is 5.69 Å². The Hall–Kier alpha value is -1.78. The first-order valence-electron chi connectivity index (χ1n) is 5.46. The molecule has 0 amide bonds. The van der Waals surface area contributed by atoms with Crippen LogP contribution in [0.1, 0.15) is 0 Å². The average Bonchev–Trinajstić information content (AvgIpc) is 2.70. The van der Waals surface area contributed by atoms with Gasteiger partial charge in [0.05, 0.1) is 26.8 Å². The molecule has 3 aromatic rings. The van der Waals surface area contributed by atoms with E-state index >= 15 is 0 Å². The number of hydrogen-bond acceptors (Lipinski definition) is 2. The number of nitrogens with zero attached hydrogens (tertiary/aromatic N) is 2. The fourth-order valence-corrected chi connectivity index (χ4v) is 2.42. The standard InChI is InChI=1S/C13H8Cl2FN3/c14-8-2-1-3-11-12(8)19(13(17)18-11)7-4-5-10(16)9(15)6-7/h1-6H,(H2,17,18). The van der Waals surface area contributed by atoms with Crippen LogP contribution in [-0.4, -0.2) is 9.55 Å². The number of rotatable bonds is 1. The molecule has 0 radical (unpaired) electrons. The topological polar surface area (TPSA) is 43.8 Å². The minimum Gasteiger partial charge on any atom is -0.369 e. The van der Waals surface area contributed by atoms with Crippen molar-refractivity contribution in [1.82, 2.24) is 9.55 Å². The molecule has 3 nitrogen and oxygen atoms in total. The van der Waals surface area contributed by atoms with Gasteiger partial charge in [-0.2, -0.15) is 0 Å². The second-order valence-corrected chi connectivity index (χ2v) is 4.83. The predicted molar refractivity (Wildman–Crippen MR) is 75.5 cm³/mol. The third-order valence-electron chi connectivity index (χ3n) is 2.81. The molecule has 0 aliphatic carbocycles. The van der Waals surface area contributed by atoms with Crippen LogP contribution < -0.4 is 5.73 Å². The summed E-state index contributed by atoms with van der Waals surface area (Å²) in [5.41, 5.74) is 7.85. The molecule has 0 unspecified atom stereocenters. The maximum Gasteiger partial charge on any atom is 0.205 e. The second-order valence-electron chi connectivity index (χ2n) is 4.01. The highest BCUT2D eigenvalue weighted by molar-refractivity contribution is 6.35. The van der Waals surface area contributed by atoms with Crippen LogP contribution in [0.2, 0.25) is 10.0 Å². The molecule has 96 valence electrons. The summed E-state index contributed by atoms with van der Waals surface area (Å²) in [6, 6.07) is 9.67. The summed E-state index contributed by atoms with van der Waals surface area (Å²) in [5, 5.41) is 0.535. The Morgan fingerprint density at radius 1 is 1.11 bits per heavy atom. The van der Waals surface area contributed by atoms with Crippen LogP contribution in [0.15, 0.2) is 36.4 Å². The van der Waals surface area contributed by atoms with E-state index in [9.17, 15) is 4.39 Å². The van der Waals surface area contributed by atoms with Crippen LogP contribution in [-0.2, 0) is 0 Å². The molecule has 6 heteroatoms. The molecule has 0 saturated carbocycles. The van der Waals surface area contributed by atoms with Gasteiger partial charge in [0.25, 0.3) is 0 Å². The number of imidazole rings is 1. The number of hydrogen-bond donors (Lipinski definition) is 1. The number of halogens is 3. The molecule has 0 aliphatic rings. The minimum atomic E-state index is -0.487. The molecule has 0 fully saturated rings. The van der Waals surface area contributed by atoms with E-state index in [-0.39, 0.29) is 11.0 Å². The minimum absolute atomic E-state index is 0.0193. The molecule has 2 aromatic carbocycles. The normalized spacial score (nSPS) is 11.1. The van der Waals surface area contributed by atoms with Crippen LogP contribution in [0, 0.1) is 5.82 Å². The summed E-state index contributed by atoms with van der Waals surface area (Å²) in [4.78, 5) is 4.22. The zero-order valence-electron chi connectivity index (χ0n) is 9.57. The van der Waals surface area contributed by atoms with E-state index in [4.69, 9.17) is 28.9 Å². The van der Waals surface area contributed by atoms with E-state index in [0.29, 0.717) is 21.7 Å². The van der Waals surface area contributed by atoms with Crippen molar-refractivity contribution in [2.45, 2.75) is 0 Å². The Morgan fingerprint density at radius 2 is 1.89 bits per heavy atom. The predicted octanol–water partition coefficient (Wildman–Crippen LogP) is 4.05. The fraction of sp³-hybridized carbons (Fsp3) is 0. The number of fused-ring (bicyclic) bond motifs is 1. The first-order valence-corrected chi connectivity index (χ1v) is 6.21. The first kappa shape index (κ1) is 12.3. The highest BCUT2D eigenvalue weighted by Crippen LogP contribution is 2.30. The summed E-state index contributed by atoms with van der Waals surface area (Å²) < 4.78 is 14.9. The summed E-state index contributed by atoms with van der Waals surface area (Å²) in [6.07, 6.45) is 0. The zero-order chi connectivity index (χ0) is 13.6. The molecule has 2 N–H and O–H groups in total. The van der Waals surface area contributed by atoms with Gasteiger partial charge in [0.1, 0.15) is 5.82 Å². The Kier molecular flexibility index (Phi) is 2.84. The van der Waals surface area contributed by atoms with Gasteiger partial charge in [-0.3, -0.25) is 4.57 Å². The molecule has 1 heterocycles. The van der Waals surface area contributed by atoms with E-state index in [1.165, 1.54) is 12.1 Å². The van der Waals surface area contributed by atoms with Crippen molar-refractivity contribution < 1.29 is 4.39 Å². The number of nitrogen functional groups attached to an aromatic ring is 1. The van der Waals surface area contributed by atoms with Crippen LogP contribution in [0.4, 0.5) is 10.3 Å². The van der Waals surface area contributed by atoms with Gasteiger partial charge in [-0.05, 0) is 30.3 Å². The van der Waals surface area contributed by atoms with Gasteiger partial charge in [0.2, 0.25) is 5.95 Å². The number of anilines is 1. The van der Waals surface area contributed by atoms with Crippen molar-refractivity contribution in [2.24, 2.45) is 0 Å². The number of para-hydroxylation sites is 1.